The van der Waals surface area contributed by atoms with Crippen LogP contribution in [0, 0.1) is 5.82 Å². The average Bonchev–Trinajstić information content (AvgIpc) is 2.24. The van der Waals surface area contributed by atoms with Gasteiger partial charge >= 0.3 is 0 Å². The minimum atomic E-state index is -1.31. The monoisotopic (exact) mass is 289 g/mol. The van der Waals surface area contributed by atoms with Gasteiger partial charge in [0.05, 0.1) is 0 Å². The lowest BCUT2D eigenvalue weighted by Crippen LogP contribution is -2.43. The maximum Gasteiger partial charge on any atom is 0.127 e. The lowest BCUT2D eigenvalue weighted by atomic mass is 9.89. The van der Waals surface area contributed by atoms with Gasteiger partial charge in [0.2, 0.25) is 0 Å². The van der Waals surface area contributed by atoms with E-state index in [-0.39, 0.29) is 12.2 Å². The Bertz CT molecular complexity index is 375. The minimum absolute atomic E-state index is 0.144. The molecule has 0 radical (unpaired) electrons. The Hall–Kier alpha value is -0.480. The summed E-state index contributed by atoms with van der Waals surface area (Å²) in [7, 11) is 0. The van der Waals surface area contributed by atoms with Crippen LogP contribution in [0.2, 0.25) is 0 Å². The third kappa shape index (κ3) is 2.80. The summed E-state index contributed by atoms with van der Waals surface area (Å²) in [5.41, 5.74) is -0.861. The highest BCUT2D eigenvalue weighted by molar-refractivity contribution is 9.10. The van der Waals surface area contributed by atoms with E-state index in [0.717, 1.165) is 17.4 Å². The zero-order valence-electron chi connectivity index (χ0n) is 8.90. The van der Waals surface area contributed by atoms with Crippen molar-refractivity contribution in [2.24, 2.45) is 0 Å². The zero-order chi connectivity index (χ0) is 11.6. The fourth-order valence-corrected chi connectivity index (χ4v) is 2.51. The van der Waals surface area contributed by atoms with Crippen LogP contribution in [-0.4, -0.2) is 18.8 Å². The number of alkyl halides is 1. The van der Waals surface area contributed by atoms with Gasteiger partial charge in [0.15, 0.2) is 0 Å². The summed E-state index contributed by atoms with van der Waals surface area (Å²) in [4.78, 5) is 0. The fraction of sp³-hybridized carbons (Fsp3) is 0.500. The molecule has 88 valence electrons. The van der Waals surface area contributed by atoms with Crippen molar-refractivity contribution >= 4 is 15.9 Å². The summed E-state index contributed by atoms with van der Waals surface area (Å²) >= 11 is 3.27. The first kappa shape index (κ1) is 12.0. The van der Waals surface area contributed by atoms with Gasteiger partial charge < -0.3 is 5.32 Å². The molecule has 0 amide bonds. The highest BCUT2D eigenvalue weighted by Gasteiger charge is 2.32. The van der Waals surface area contributed by atoms with Gasteiger partial charge in [-0.2, -0.15) is 0 Å². The van der Waals surface area contributed by atoms with Crippen LogP contribution < -0.4 is 5.32 Å². The standard InChI is InChI=1S/C12H14BrF2N/c13-10-2-3-11(14)9(6-10)7-12(15)4-1-5-16-8-12/h2-3,6,16H,1,4-5,7-8H2. The predicted molar refractivity (Wildman–Crippen MR) is 63.7 cm³/mol. The van der Waals surface area contributed by atoms with E-state index < -0.39 is 5.67 Å². The smallest absolute Gasteiger partial charge is 0.127 e. The molecular formula is C12H14BrF2N. The van der Waals surface area contributed by atoms with Crippen LogP contribution in [0.1, 0.15) is 18.4 Å². The van der Waals surface area contributed by atoms with Crippen molar-refractivity contribution in [3.05, 3.63) is 34.1 Å². The summed E-state index contributed by atoms with van der Waals surface area (Å²) in [5, 5.41) is 3.02. The van der Waals surface area contributed by atoms with Crippen LogP contribution in [0.25, 0.3) is 0 Å². The highest BCUT2D eigenvalue weighted by Crippen LogP contribution is 2.28. The van der Waals surface area contributed by atoms with Crippen molar-refractivity contribution < 1.29 is 8.78 Å². The van der Waals surface area contributed by atoms with Crippen LogP contribution in [0.15, 0.2) is 22.7 Å². The molecule has 1 nitrogen and oxygen atoms in total. The van der Waals surface area contributed by atoms with E-state index in [1.165, 1.54) is 6.07 Å². The lowest BCUT2D eigenvalue weighted by Gasteiger charge is -2.30. The van der Waals surface area contributed by atoms with Gasteiger partial charge in [-0.1, -0.05) is 15.9 Å². The molecule has 1 aromatic carbocycles. The van der Waals surface area contributed by atoms with E-state index in [0.29, 0.717) is 18.5 Å². The average molecular weight is 290 g/mol. The summed E-state index contributed by atoms with van der Waals surface area (Å²) in [6, 6.07) is 4.66. The number of nitrogens with one attached hydrogen (secondary N) is 1. The minimum Gasteiger partial charge on any atom is -0.314 e. The van der Waals surface area contributed by atoms with Crippen molar-refractivity contribution in [3.63, 3.8) is 0 Å². The molecule has 1 fully saturated rings. The lowest BCUT2D eigenvalue weighted by molar-refractivity contribution is 0.121. The quantitative estimate of drug-likeness (QED) is 0.882. The van der Waals surface area contributed by atoms with Crippen molar-refractivity contribution in [1.82, 2.24) is 5.32 Å². The van der Waals surface area contributed by atoms with Crippen molar-refractivity contribution in [2.45, 2.75) is 24.9 Å². The summed E-state index contributed by atoms with van der Waals surface area (Å²) in [6.07, 6.45) is 1.46. The molecule has 1 N–H and O–H groups in total. The van der Waals surface area contributed by atoms with Gasteiger partial charge in [-0.05, 0) is 43.1 Å². The molecule has 1 aliphatic heterocycles. The number of benzene rings is 1. The van der Waals surface area contributed by atoms with Gasteiger partial charge in [-0.3, -0.25) is 0 Å². The van der Waals surface area contributed by atoms with Gasteiger partial charge in [0.25, 0.3) is 0 Å². The molecule has 0 bridgehead atoms. The third-order valence-corrected chi connectivity index (χ3v) is 3.43. The largest absolute Gasteiger partial charge is 0.314 e. The van der Waals surface area contributed by atoms with Gasteiger partial charge in [-0.25, -0.2) is 8.78 Å². The summed E-state index contributed by atoms with van der Waals surface area (Å²) < 4.78 is 28.6. The molecule has 0 spiro atoms. The first-order valence-electron chi connectivity index (χ1n) is 5.43. The van der Waals surface area contributed by atoms with Crippen LogP contribution in [0.4, 0.5) is 8.78 Å². The van der Waals surface area contributed by atoms with E-state index in [1.54, 1.807) is 12.1 Å². The van der Waals surface area contributed by atoms with E-state index in [1.807, 2.05) is 0 Å². The molecule has 1 heterocycles. The van der Waals surface area contributed by atoms with E-state index >= 15 is 0 Å². The molecule has 0 aliphatic carbocycles. The van der Waals surface area contributed by atoms with Gasteiger partial charge in [0.1, 0.15) is 11.5 Å². The molecule has 2 rings (SSSR count). The molecule has 4 heteroatoms. The second-order valence-electron chi connectivity index (χ2n) is 4.34. The number of hydrogen-bond donors (Lipinski definition) is 1. The molecular weight excluding hydrogens is 276 g/mol. The van der Waals surface area contributed by atoms with E-state index in [4.69, 9.17) is 0 Å². The Morgan fingerprint density at radius 2 is 2.25 bits per heavy atom. The molecule has 0 saturated carbocycles. The normalized spacial score (nSPS) is 25.7. The Balaban J connectivity index is 2.15. The molecule has 1 unspecified atom stereocenters. The first-order chi connectivity index (χ1) is 7.59. The molecule has 1 aromatic rings. The van der Waals surface area contributed by atoms with Crippen LogP contribution in [0.3, 0.4) is 0 Å². The number of rotatable bonds is 2. The Kier molecular flexibility index (Phi) is 3.60. The van der Waals surface area contributed by atoms with Crippen LogP contribution in [0.5, 0.6) is 0 Å². The topological polar surface area (TPSA) is 12.0 Å². The first-order valence-corrected chi connectivity index (χ1v) is 6.22. The second-order valence-corrected chi connectivity index (χ2v) is 5.26. The third-order valence-electron chi connectivity index (χ3n) is 2.94. The molecule has 16 heavy (non-hydrogen) atoms. The van der Waals surface area contributed by atoms with Gasteiger partial charge in [0, 0.05) is 17.4 Å². The van der Waals surface area contributed by atoms with Gasteiger partial charge in [-0.15, -0.1) is 0 Å². The molecule has 1 atom stereocenters. The van der Waals surface area contributed by atoms with Crippen LogP contribution >= 0.6 is 15.9 Å². The zero-order valence-corrected chi connectivity index (χ0v) is 10.5. The maximum absolute atomic E-state index is 14.3. The van der Waals surface area contributed by atoms with Crippen molar-refractivity contribution in [1.29, 1.82) is 0 Å². The van der Waals surface area contributed by atoms with Crippen molar-refractivity contribution in [2.75, 3.05) is 13.1 Å². The number of hydrogen-bond acceptors (Lipinski definition) is 1. The Labute approximate surface area is 102 Å². The van der Waals surface area contributed by atoms with Crippen LogP contribution in [-0.2, 0) is 6.42 Å². The Morgan fingerprint density at radius 3 is 2.94 bits per heavy atom. The Morgan fingerprint density at radius 1 is 1.44 bits per heavy atom. The number of piperidine rings is 1. The summed E-state index contributed by atoms with van der Waals surface area (Å²) in [6.45, 7) is 1.17. The maximum atomic E-state index is 14.3. The van der Waals surface area contributed by atoms with E-state index in [2.05, 4.69) is 21.2 Å². The van der Waals surface area contributed by atoms with Crippen molar-refractivity contribution in [3.8, 4) is 0 Å². The second kappa shape index (κ2) is 4.80. The molecule has 1 aliphatic rings. The fourth-order valence-electron chi connectivity index (χ4n) is 2.10. The highest BCUT2D eigenvalue weighted by atomic mass is 79.9. The SMILES string of the molecule is Fc1ccc(Br)cc1CC1(F)CCCNC1. The predicted octanol–water partition coefficient (Wildman–Crippen LogP) is 3.22. The summed E-state index contributed by atoms with van der Waals surface area (Å²) in [5.74, 6) is -0.328. The number of halogens is 3. The molecule has 0 aromatic heterocycles. The molecule has 1 saturated heterocycles. The van der Waals surface area contributed by atoms with E-state index in [9.17, 15) is 8.78 Å².